The van der Waals surface area contributed by atoms with Crippen molar-refractivity contribution in [2.24, 2.45) is 0 Å². The van der Waals surface area contributed by atoms with E-state index in [1.165, 1.54) is 32.0 Å². The Labute approximate surface area is 189 Å². The Morgan fingerprint density at radius 2 is 1.88 bits per heavy atom. The van der Waals surface area contributed by atoms with Crippen molar-refractivity contribution in [1.29, 1.82) is 0 Å². The molecule has 7 heteroatoms. The van der Waals surface area contributed by atoms with E-state index in [1.54, 1.807) is 24.5 Å². The first-order valence-electron chi connectivity index (χ1n) is 10.3. The highest BCUT2D eigenvalue weighted by Gasteiger charge is 2.16. The van der Waals surface area contributed by atoms with Crippen molar-refractivity contribution >= 4 is 17.9 Å². The molecular formula is C25H31N3O4. The van der Waals surface area contributed by atoms with Gasteiger partial charge in [0.2, 0.25) is 11.8 Å². The van der Waals surface area contributed by atoms with Crippen LogP contribution in [0.5, 0.6) is 5.75 Å². The first kappa shape index (κ1) is 26.4. The molecule has 0 aliphatic carbocycles. The number of rotatable bonds is 6. The van der Waals surface area contributed by atoms with Crippen LogP contribution in [0.2, 0.25) is 0 Å². The molecular weight excluding hydrogens is 406 g/mol. The van der Waals surface area contributed by atoms with E-state index < -0.39 is 5.72 Å². The van der Waals surface area contributed by atoms with Crippen LogP contribution in [-0.2, 0) is 16.0 Å². The lowest BCUT2D eigenvalue weighted by molar-refractivity contribution is -0.130. The third-order valence-corrected chi connectivity index (χ3v) is 4.05. The largest absolute Gasteiger partial charge is 0.493 e. The minimum Gasteiger partial charge on any atom is -0.493 e. The molecule has 0 radical (unpaired) electrons. The number of nitrogens with one attached hydrogen (secondary N) is 2. The fraction of sp³-hybridized carbons (Fsp3) is 0.320. The summed E-state index contributed by atoms with van der Waals surface area (Å²) in [6, 6.07) is 11.9. The predicted molar refractivity (Wildman–Crippen MR) is 125 cm³/mol. The average molecular weight is 438 g/mol. The lowest BCUT2D eigenvalue weighted by Crippen LogP contribution is -2.43. The Hall–Kier alpha value is -3.63. The van der Waals surface area contributed by atoms with Crippen molar-refractivity contribution in [3.63, 3.8) is 0 Å². The Kier molecular flexibility index (Phi) is 11.9. The van der Waals surface area contributed by atoms with E-state index in [-0.39, 0.29) is 24.7 Å². The summed E-state index contributed by atoms with van der Waals surface area (Å²) in [7, 11) is 0. The molecule has 1 aromatic carbocycles. The van der Waals surface area contributed by atoms with Crippen molar-refractivity contribution in [1.82, 2.24) is 15.6 Å². The van der Waals surface area contributed by atoms with Crippen LogP contribution in [0, 0.1) is 12.8 Å². The van der Waals surface area contributed by atoms with Gasteiger partial charge >= 0.3 is 0 Å². The number of fused-ring (bicyclic) bond motifs is 1. The number of amides is 2. The van der Waals surface area contributed by atoms with Gasteiger partial charge in [-0.15, -0.1) is 12.8 Å². The minimum atomic E-state index is -1.27. The van der Waals surface area contributed by atoms with Gasteiger partial charge in [-0.2, -0.15) is 0 Å². The molecule has 0 saturated heterocycles. The summed E-state index contributed by atoms with van der Waals surface area (Å²) in [5.74, 6) is 0.439. The third-order valence-electron chi connectivity index (χ3n) is 4.05. The second kappa shape index (κ2) is 14.4. The Morgan fingerprint density at radius 1 is 1.16 bits per heavy atom. The van der Waals surface area contributed by atoms with Gasteiger partial charge in [-0.05, 0) is 56.0 Å². The number of terminal acetylenes is 1. The van der Waals surface area contributed by atoms with Gasteiger partial charge in [-0.25, -0.2) is 0 Å². The number of carbonyl (C=O) groups excluding carboxylic acids is 2. The van der Waals surface area contributed by atoms with Crippen LogP contribution < -0.4 is 15.4 Å². The highest BCUT2D eigenvalue weighted by molar-refractivity contribution is 5.84. The van der Waals surface area contributed by atoms with Gasteiger partial charge in [0, 0.05) is 31.4 Å². The van der Waals surface area contributed by atoms with Crippen molar-refractivity contribution < 1.29 is 19.4 Å². The molecule has 1 aromatic heterocycles. The van der Waals surface area contributed by atoms with Crippen LogP contribution in [0.4, 0.5) is 0 Å². The molecule has 3 rings (SSSR count). The zero-order valence-electron chi connectivity index (χ0n) is 18.6. The molecule has 3 N–H and O–H groups in total. The topological polar surface area (TPSA) is 101 Å². The summed E-state index contributed by atoms with van der Waals surface area (Å²) in [5, 5.41) is 14.3. The SMILES string of the molecule is C#C.CC(C)(O)NC(=O)CCC(=O)N/C=C/c1cccnc1.c1ccc2c(c1)CCCO2. The number of hydrogen-bond donors (Lipinski definition) is 3. The molecule has 0 spiro atoms. The van der Waals surface area contributed by atoms with Crippen molar-refractivity contribution in [2.75, 3.05) is 6.61 Å². The van der Waals surface area contributed by atoms with Crippen LogP contribution >= 0.6 is 0 Å². The van der Waals surface area contributed by atoms with E-state index in [0.717, 1.165) is 24.3 Å². The van der Waals surface area contributed by atoms with Crippen LogP contribution in [0.3, 0.4) is 0 Å². The van der Waals surface area contributed by atoms with Crippen LogP contribution in [0.25, 0.3) is 6.08 Å². The van der Waals surface area contributed by atoms with Crippen LogP contribution in [-0.4, -0.2) is 34.2 Å². The quantitative estimate of drug-likeness (QED) is 0.476. The third kappa shape index (κ3) is 11.5. The van der Waals surface area contributed by atoms with Gasteiger partial charge in [-0.1, -0.05) is 24.3 Å². The molecule has 2 aromatic rings. The molecule has 0 saturated carbocycles. The summed E-state index contributed by atoms with van der Waals surface area (Å²) >= 11 is 0. The lowest BCUT2D eigenvalue weighted by Gasteiger charge is -2.18. The summed E-state index contributed by atoms with van der Waals surface area (Å²) in [4.78, 5) is 26.8. The van der Waals surface area contributed by atoms with Gasteiger partial charge in [0.25, 0.3) is 0 Å². The molecule has 0 bridgehead atoms. The van der Waals surface area contributed by atoms with E-state index in [9.17, 15) is 14.7 Å². The Balaban J connectivity index is 0.000000352. The Morgan fingerprint density at radius 3 is 2.53 bits per heavy atom. The fourth-order valence-corrected chi connectivity index (χ4v) is 2.70. The van der Waals surface area contributed by atoms with Crippen molar-refractivity contribution in [2.45, 2.75) is 45.3 Å². The number of pyridine rings is 1. The first-order valence-corrected chi connectivity index (χ1v) is 10.3. The number of hydrogen-bond acceptors (Lipinski definition) is 5. The maximum atomic E-state index is 11.5. The molecule has 2 amide bonds. The molecule has 0 unspecified atom stereocenters. The van der Waals surface area contributed by atoms with Crippen molar-refractivity contribution in [3.05, 3.63) is 66.1 Å². The lowest BCUT2D eigenvalue weighted by atomic mass is 10.1. The zero-order valence-corrected chi connectivity index (χ0v) is 18.6. The van der Waals surface area contributed by atoms with E-state index >= 15 is 0 Å². The van der Waals surface area contributed by atoms with Crippen LogP contribution in [0.15, 0.2) is 55.0 Å². The predicted octanol–water partition coefficient (Wildman–Crippen LogP) is 3.05. The molecule has 1 aliphatic rings. The Bertz CT molecular complexity index is 862. The highest BCUT2D eigenvalue weighted by Crippen LogP contribution is 2.23. The number of aromatic nitrogens is 1. The molecule has 1 aliphatic heterocycles. The summed E-state index contributed by atoms with van der Waals surface area (Å²) in [6.45, 7) is 3.81. The molecule has 32 heavy (non-hydrogen) atoms. The second-order valence-corrected chi connectivity index (χ2v) is 7.35. The summed E-state index contributed by atoms with van der Waals surface area (Å²) in [6.07, 6.45) is 17.0. The van der Waals surface area contributed by atoms with Crippen molar-refractivity contribution in [3.8, 4) is 18.6 Å². The van der Waals surface area contributed by atoms with E-state index in [2.05, 4.69) is 40.6 Å². The molecule has 2 heterocycles. The number of para-hydroxylation sites is 1. The molecule has 7 nitrogen and oxygen atoms in total. The first-order chi connectivity index (χ1) is 15.3. The number of carbonyl (C=O) groups is 2. The van der Waals surface area contributed by atoms with Gasteiger partial charge in [0.15, 0.2) is 0 Å². The number of benzene rings is 1. The molecule has 170 valence electrons. The normalized spacial score (nSPS) is 12.0. The maximum absolute atomic E-state index is 11.5. The van der Waals surface area contributed by atoms with Gasteiger partial charge in [0.05, 0.1) is 6.61 Å². The second-order valence-electron chi connectivity index (χ2n) is 7.35. The smallest absolute Gasteiger partial charge is 0.224 e. The molecule has 0 fully saturated rings. The van der Waals surface area contributed by atoms with Crippen LogP contribution in [0.1, 0.15) is 44.2 Å². The zero-order chi connectivity index (χ0) is 23.8. The van der Waals surface area contributed by atoms with Gasteiger partial charge in [0.1, 0.15) is 11.5 Å². The molecule has 0 atom stereocenters. The van der Waals surface area contributed by atoms with Gasteiger partial charge in [-0.3, -0.25) is 14.6 Å². The van der Waals surface area contributed by atoms with E-state index in [0.29, 0.717) is 0 Å². The number of ether oxygens (including phenoxy) is 1. The van der Waals surface area contributed by atoms with Gasteiger partial charge < -0.3 is 20.5 Å². The number of nitrogens with zero attached hydrogens (tertiary/aromatic N) is 1. The standard InChI is InChI=1S/C14H19N3O3.C9H10O.C2H2/c1-14(2,20)17-13(19)6-5-12(18)16-9-7-11-4-3-8-15-10-11;1-2-6-9-8(4-1)5-3-7-10-9;1-2/h3-4,7-10,20H,5-6H2,1-2H3,(H,16,18)(H,17,19);1-2,4,6H,3,5,7H2;1-2H/b9-7+;;. The number of aliphatic hydroxyl groups is 1. The fourth-order valence-electron chi connectivity index (χ4n) is 2.70. The summed E-state index contributed by atoms with van der Waals surface area (Å²) < 4.78 is 5.42. The number of aryl methyl sites for hydroxylation is 1. The minimum absolute atomic E-state index is 0.0244. The highest BCUT2D eigenvalue weighted by atomic mass is 16.5. The maximum Gasteiger partial charge on any atom is 0.224 e. The van der Waals surface area contributed by atoms with E-state index in [4.69, 9.17) is 4.74 Å². The summed E-state index contributed by atoms with van der Waals surface area (Å²) in [5.41, 5.74) is 0.953. The monoisotopic (exact) mass is 437 g/mol. The average Bonchev–Trinajstić information content (AvgIpc) is 2.79. The van der Waals surface area contributed by atoms with E-state index in [1.807, 2.05) is 18.2 Å².